The summed E-state index contributed by atoms with van der Waals surface area (Å²) in [6.07, 6.45) is 3.01. The van der Waals surface area contributed by atoms with Gasteiger partial charge in [-0.15, -0.1) is 0 Å². The SMILES string of the molecule is CC1(C)CC(=O)C2C(=Nc3nonc3NC2c2cccc3cccnc23)C1. The van der Waals surface area contributed by atoms with Crippen LogP contribution in [0.2, 0.25) is 0 Å². The molecule has 5 rings (SSSR count). The first-order valence-corrected chi connectivity index (χ1v) is 9.05. The van der Waals surface area contributed by atoms with Gasteiger partial charge in [-0.1, -0.05) is 38.1 Å². The fraction of sp³-hybridized carbons (Fsp3) is 0.350. The van der Waals surface area contributed by atoms with Crippen molar-refractivity contribution in [2.75, 3.05) is 5.32 Å². The van der Waals surface area contributed by atoms with Gasteiger partial charge in [0.1, 0.15) is 5.78 Å². The van der Waals surface area contributed by atoms with Gasteiger partial charge in [0.15, 0.2) is 0 Å². The van der Waals surface area contributed by atoms with Gasteiger partial charge in [0.25, 0.3) is 0 Å². The van der Waals surface area contributed by atoms with Crippen LogP contribution < -0.4 is 5.32 Å². The normalized spacial score (nSPS) is 23.8. The number of ketones is 1. The number of anilines is 1. The van der Waals surface area contributed by atoms with E-state index in [0.29, 0.717) is 18.1 Å². The first kappa shape index (κ1) is 16.1. The Kier molecular flexibility index (Phi) is 3.40. The predicted octanol–water partition coefficient (Wildman–Crippen LogP) is 3.86. The molecule has 0 amide bonds. The molecule has 1 N–H and O–H groups in total. The van der Waals surface area contributed by atoms with Gasteiger partial charge in [-0.05, 0) is 28.2 Å². The third-order valence-corrected chi connectivity index (χ3v) is 5.36. The highest BCUT2D eigenvalue weighted by atomic mass is 16.6. The average Bonchev–Trinajstić information content (AvgIpc) is 2.99. The molecule has 3 heterocycles. The molecule has 2 unspecified atom stereocenters. The van der Waals surface area contributed by atoms with Crippen molar-refractivity contribution in [3.63, 3.8) is 0 Å². The zero-order valence-electron chi connectivity index (χ0n) is 15.1. The molecule has 7 nitrogen and oxygen atoms in total. The van der Waals surface area contributed by atoms with Crippen LogP contribution in [0, 0.1) is 11.3 Å². The molecule has 2 aliphatic rings. The Balaban J connectivity index is 1.72. The third kappa shape index (κ3) is 2.61. The monoisotopic (exact) mass is 361 g/mol. The number of aliphatic imine (C=N–C) groups is 1. The Morgan fingerprint density at radius 3 is 2.89 bits per heavy atom. The van der Waals surface area contributed by atoms with E-state index < -0.39 is 0 Å². The number of pyridine rings is 1. The molecule has 0 bridgehead atoms. The van der Waals surface area contributed by atoms with Crippen LogP contribution in [-0.2, 0) is 4.79 Å². The van der Waals surface area contributed by atoms with Crippen LogP contribution in [0.4, 0.5) is 11.6 Å². The Morgan fingerprint density at radius 1 is 1.15 bits per heavy atom. The van der Waals surface area contributed by atoms with Crippen molar-refractivity contribution >= 4 is 34.0 Å². The van der Waals surface area contributed by atoms with Gasteiger partial charge in [0, 0.05) is 29.3 Å². The van der Waals surface area contributed by atoms with Crippen LogP contribution >= 0.6 is 0 Å². The van der Waals surface area contributed by atoms with Crippen LogP contribution in [0.1, 0.15) is 38.3 Å². The summed E-state index contributed by atoms with van der Waals surface area (Å²) in [5, 5.41) is 12.3. The summed E-state index contributed by atoms with van der Waals surface area (Å²) in [6, 6.07) is 9.63. The minimum absolute atomic E-state index is 0.129. The van der Waals surface area contributed by atoms with Crippen molar-refractivity contribution in [1.29, 1.82) is 0 Å². The lowest BCUT2D eigenvalue weighted by Crippen LogP contribution is -2.42. The molecule has 7 heteroatoms. The minimum atomic E-state index is -0.373. The standard InChI is InChI=1S/C20H19N5O2/c1-20(2)9-13-15(14(26)10-20)17(23-19-18(22-13)24-27-25-19)12-7-3-5-11-6-4-8-21-16(11)12/h3-8,15,17H,9-10H2,1-2H3,(H,23,25). The molecule has 27 heavy (non-hydrogen) atoms. The summed E-state index contributed by atoms with van der Waals surface area (Å²) in [4.78, 5) is 22.4. The second-order valence-electron chi connectivity index (χ2n) is 8.05. The van der Waals surface area contributed by atoms with Gasteiger partial charge < -0.3 is 5.32 Å². The number of benzene rings is 1. The Hall–Kier alpha value is -3.09. The molecule has 0 spiro atoms. The van der Waals surface area contributed by atoms with Crippen LogP contribution in [0.15, 0.2) is 46.2 Å². The van der Waals surface area contributed by atoms with Crippen molar-refractivity contribution < 1.29 is 9.42 Å². The number of carbonyl (C=O) groups excluding carboxylic acids is 1. The number of para-hydroxylation sites is 1. The first-order valence-electron chi connectivity index (χ1n) is 9.05. The summed E-state index contributed by atoms with van der Waals surface area (Å²) in [5.41, 5.74) is 2.52. The molecule has 1 aliphatic carbocycles. The van der Waals surface area contributed by atoms with E-state index in [1.54, 1.807) is 6.20 Å². The summed E-state index contributed by atoms with van der Waals surface area (Å²) in [5.74, 6) is 0.663. The maximum atomic E-state index is 13.2. The van der Waals surface area contributed by atoms with Gasteiger partial charge in [-0.3, -0.25) is 9.78 Å². The number of aromatic nitrogens is 3. The number of carbonyl (C=O) groups is 1. The van der Waals surface area contributed by atoms with Crippen molar-refractivity contribution in [2.45, 2.75) is 32.7 Å². The third-order valence-electron chi connectivity index (χ3n) is 5.36. The number of nitrogens with zero attached hydrogens (tertiary/aromatic N) is 4. The lowest BCUT2D eigenvalue weighted by atomic mass is 9.68. The second kappa shape index (κ2) is 5.70. The molecule has 0 saturated heterocycles. The number of hydrogen-bond donors (Lipinski definition) is 1. The van der Waals surface area contributed by atoms with Crippen molar-refractivity contribution in [2.24, 2.45) is 16.3 Å². The van der Waals surface area contributed by atoms with E-state index in [0.717, 1.165) is 28.6 Å². The van der Waals surface area contributed by atoms with E-state index in [1.807, 2.05) is 30.3 Å². The van der Waals surface area contributed by atoms with Gasteiger partial charge in [-0.25, -0.2) is 9.62 Å². The lowest BCUT2D eigenvalue weighted by Gasteiger charge is -2.37. The van der Waals surface area contributed by atoms with E-state index in [4.69, 9.17) is 4.63 Å². The zero-order chi connectivity index (χ0) is 18.6. The summed E-state index contributed by atoms with van der Waals surface area (Å²) in [6.45, 7) is 4.19. The number of Topliss-reactive ketones (excluding diaryl/α,β-unsaturated/α-hetero) is 1. The molecule has 136 valence electrons. The van der Waals surface area contributed by atoms with E-state index in [-0.39, 0.29) is 23.2 Å². The van der Waals surface area contributed by atoms with E-state index in [1.165, 1.54) is 0 Å². The topological polar surface area (TPSA) is 93.3 Å². The molecule has 2 aromatic heterocycles. The Labute approximate surface area is 155 Å². The fourth-order valence-corrected chi connectivity index (χ4v) is 4.27. The highest BCUT2D eigenvalue weighted by molar-refractivity contribution is 6.10. The van der Waals surface area contributed by atoms with E-state index >= 15 is 0 Å². The maximum absolute atomic E-state index is 13.2. The summed E-state index contributed by atoms with van der Waals surface area (Å²) in [7, 11) is 0. The average molecular weight is 361 g/mol. The van der Waals surface area contributed by atoms with Crippen molar-refractivity contribution in [3.05, 3.63) is 42.1 Å². The summed E-state index contributed by atoms with van der Waals surface area (Å²) < 4.78 is 4.88. The van der Waals surface area contributed by atoms with Crippen LogP contribution in [0.5, 0.6) is 0 Å². The smallest absolute Gasteiger partial charge is 0.240 e. The quantitative estimate of drug-likeness (QED) is 0.707. The minimum Gasteiger partial charge on any atom is -0.356 e. The maximum Gasteiger partial charge on any atom is 0.240 e. The van der Waals surface area contributed by atoms with E-state index in [9.17, 15) is 4.79 Å². The number of hydrogen-bond acceptors (Lipinski definition) is 7. The lowest BCUT2D eigenvalue weighted by molar-refractivity contribution is -0.124. The highest BCUT2D eigenvalue weighted by Gasteiger charge is 2.45. The zero-order valence-corrected chi connectivity index (χ0v) is 15.1. The number of fused-ring (bicyclic) bond motifs is 3. The van der Waals surface area contributed by atoms with Gasteiger partial charge in [0.2, 0.25) is 11.6 Å². The van der Waals surface area contributed by atoms with Crippen LogP contribution in [-0.4, -0.2) is 26.8 Å². The molecule has 0 radical (unpaired) electrons. The van der Waals surface area contributed by atoms with Crippen molar-refractivity contribution in [3.8, 4) is 0 Å². The van der Waals surface area contributed by atoms with Crippen molar-refractivity contribution in [1.82, 2.24) is 15.3 Å². The molecule has 2 atom stereocenters. The highest BCUT2D eigenvalue weighted by Crippen LogP contribution is 2.45. The fourth-order valence-electron chi connectivity index (χ4n) is 4.27. The second-order valence-corrected chi connectivity index (χ2v) is 8.05. The molecule has 1 aliphatic heterocycles. The Bertz CT molecular complexity index is 1080. The van der Waals surface area contributed by atoms with Crippen LogP contribution in [0.25, 0.3) is 10.9 Å². The largest absolute Gasteiger partial charge is 0.356 e. The molecule has 3 aromatic rings. The predicted molar refractivity (Wildman–Crippen MR) is 101 cm³/mol. The molecule has 1 fully saturated rings. The molecular weight excluding hydrogens is 342 g/mol. The molecule has 1 aromatic carbocycles. The Morgan fingerprint density at radius 2 is 2.00 bits per heavy atom. The number of nitrogens with one attached hydrogen (secondary N) is 1. The van der Waals surface area contributed by atoms with Gasteiger partial charge >= 0.3 is 0 Å². The van der Waals surface area contributed by atoms with Crippen LogP contribution in [0.3, 0.4) is 0 Å². The first-order chi connectivity index (χ1) is 13.0. The molecular formula is C20H19N5O2. The van der Waals surface area contributed by atoms with E-state index in [2.05, 4.69) is 39.5 Å². The van der Waals surface area contributed by atoms with Gasteiger partial charge in [-0.2, -0.15) is 0 Å². The summed E-state index contributed by atoms with van der Waals surface area (Å²) >= 11 is 0. The molecule has 1 saturated carbocycles. The van der Waals surface area contributed by atoms with Gasteiger partial charge in [0.05, 0.1) is 17.5 Å². The number of rotatable bonds is 1.